The van der Waals surface area contributed by atoms with E-state index in [0.29, 0.717) is 49.2 Å². The minimum atomic E-state index is -0.784. The maximum Gasteiger partial charge on any atom is 0.306 e. The lowest BCUT2D eigenvalue weighted by Crippen LogP contribution is -2.45. The Kier molecular flexibility index (Phi) is 4.85. The van der Waals surface area contributed by atoms with E-state index >= 15 is 0 Å². The number of hydrogen-bond donors (Lipinski definition) is 1. The lowest BCUT2D eigenvalue weighted by atomic mass is 9.87. The van der Waals surface area contributed by atoms with E-state index in [0.717, 1.165) is 5.56 Å². The number of benzene rings is 1. The van der Waals surface area contributed by atoms with E-state index in [1.165, 1.54) is 0 Å². The molecule has 3 rings (SSSR count). The summed E-state index contributed by atoms with van der Waals surface area (Å²) in [6, 6.07) is 3.51. The summed E-state index contributed by atoms with van der Waals surface area (Å²) >= 11 is 6.20. The van der Waals surface area contributed by atoms with Gasteiger partial charge in [0, 0.05) is 13.1 Å². The molecule has 0 spiro atoms. The average molecular weight is 354 g/mol. The molecule has 6 nitrogen and oxygen atoms in total. The number of carboxylic acid groups (broad SMARTS) is 1. The number of halogens is 1. The van der Waals surface area contributed by atoms with E-state index in [9.17, 15) is 9.59 Å². The minimum Gasteiger partial charge on any atom is -0.486 e. The van der Waals surface area contributed by atoms with Gasteiger partial charge in [-0.25, -0.2) is 0 Å². The summed E-state index contributed by atoms with van der Waals surface area (Å²) in [7, 11) is 0. The highest BCUT2D eigenvalue weighted by Crippen LogP contribution is 2.38. The van der Waals surface area contributed by atoms with Gasteiger partial charge in [-0.15, -0.1) is 0 Å². The molecule has 2 heterocycles. The molecule has 2 aliphatic heterocycles. The van der Waals surface area contributed by atoms with Gasteiger partial charge in [-0.1, -0.05) is 18.5 Å². The summed E-state index contributed by atoms with van der Waals surface area (Å²) in [6.45, 7) is 3.73. The summed E-state index contributed by atoms with van der Waals surface area (Å²) in [5.41, 5.74) is 0.766. The second-order valence-corrected chi connectivity index (χ2v) is 6.74. The Hall–Kier alpha value is -1.95. The zero-order valence-corrected chi connectivity index (χ0v) is 14.2. The van der Waals surface area contributed by atoms with E-state index in [1.807, 2.05) is 6.92 Å². The quantitative estimate of drug-likeness (QED) is 0.901. The molecule has 0 radical (unpaired) electrons. The summed E-state index contributed by atoms with van der Waals surface area (Å²) in [5, 5.41) is 9.61. The van der Waals surface area contributed by atoms with Gasteiger partial charge in [0.15, 0.2) is 11.5 Å². The third-order valence-corrected chi connectivity index (χ3v) is 4.87. The molecule has 1 aromatic carbocycles. The van der Waals surface area contributed by atoms with Gasteiger partial charge >= 0.3 is 5.97 Å². The van der Waals surface area contributed by atoms with Gasteiger partial charge < -0.3 is 19.5 Å². The van der Waals surface area contributed by atoms with Gasteiger partial charge in [-0.3, -0.25) is 9.59 Å². The Bertz CT molecular complexity index is 663. The van der Waals surface area contributed by atoms with Crippen molar-refractivity contribution in [2.24, 2.45) is 11.8 Å². The van der Waals surface area contributed by atoms with Crippen LogP contribution in [0, 0.1) is 11.8 Å². The highest BCUT2D eigenvalue weighted by atomic mass is 35.5. The van der Waals surface area contributed by atoms with Crippen molar-refractivity contribution in [3.63, 3.8) is 0 Å². The molecule has 1 N–H and O–H groups in total. The number of hydrogen-bond acceptors (Lipinski definition) is 4. The van der Waals surface area contributed by atoms with Crippen LogP contribution in [0.15, 0.2) is 12.1 Å². The molecule has 24 heavy (non-hydrogen) atoms. The van der Waals surface area contributed by atoms with Crippen molar-refractivity contribution in [2.75, 3.05) is 26.3 Å². The number of nitrogens with zero attached hydrogens (tertiary/aromatic N) is 1. The zero-order chi connectivity index (χ0) is 17.3. The van der Waals surface area contributed by atoms with Crippen molar-refractivity contribution in [3.05, 3.63) is 22.7 Å². The third-order valence-electron chi connectivity index (χ3n) is 4.59. The van der Waals surface area contributed by atoms with Crippen molar-refractivity contribution < 1.29 is 24.2 Å². The third kappa shape index (κ3) is 3.43. The van der Waals surface area contributed by atoms with Gasteiger partial charge in [0.25, 0.3) is 0 Å². The summed E-state index contributed by atoms with van der Waals surface area (Å²) < 4.78 is 11.0. The average Bonchev–Trinajstić information content (AvgIpc) is 2.54. The number of aliphatic carboxylic acids is 1. The Morgan fingerprint density at radius 2 is 2.08 bits per heavy atom. The second kappa shape index (κ2) is 6.89. The Morgan fingerprint density at radius 3 is 2.79 bits per heavy atom. The Labute approximate surface area is 145 Å². The molecule has 0 aromatic heterocycles. The predicted molar refractivity (Wildman–Crippen MR) is 87.6 cm³/mol. The first-order valence-electron chi connectivity index (χ1n) is 8.04. The van der Waals surface area contributed by atoms with Crippen LogP contribution in [0.5, 0.6) is 11.5 Å². The van der Waals surface area contributed by atoms with Crippen LogP contribution in [-0.2, 0) is 16.0 Å². The number of rotatable bonds is 3. The van der Waals surface area contributed by atoms with Crippen LogP contribution >= 0.6 is 11.6 Å². The fraction of sp³-hybridized carbons (Fsp3) is 0.529. The van der Waals surface area contributed by atoms with Crippen molar-refractivity contribution >= 4 is 23.5 Å². The molecule has 2 atom stereocenters. The second-order valence-electron chi connectivity index (χ2n) is 6.33. The number of carboxylic acids is 1. The van der Waals surface area contributed by atoms with Crippen LogP contribution in [0.2, 0.25) is 5.02 Å². The maximum absolute atomic E-state index is 12.5. The van der Waals surface area contributed by atoms with E-state index in [1.54, 1.807) is 17.0 Å². The van der Waals surface area contributed by atoms with Gasteiger partial charge in [0.1, 0.15) is 13.2 Å². The highest BCUT2D eigenvalue weighted by molar-refractivity contribution is 6.32. The van der Waals surface area contributed by atoms with Gasteiger partial charge in [0.05, 0.1) is 17.4 Å². The minimum absolute atomic E-state index is 0.0292. The highest BCUT2D eigenvalue weighted by Gasteiger charge is 2.33. The molecule has 1 amide bonds. The van der Waals surface area contributed by atoms with E-state index in [-0.39, 0.29) is 24.2 Å². The number of ether oxygens (including phenoxy) is 2. The van der Waals surface area contributed by atoms with Crippen molar-refractivity contribution in [1.82, 2.24) is 4.90 Å². The van der Waals surface area contributed by atoms with Crippen LogP contribution in [0.25, 0.3) is 0 Å². The standard InChI is InChI=1S/C17H20ClNO5/c1-10-9-19(3-2-12(10)17(21)22)15(20)8-11-6-13(18)16-14(7-11)23-4-5-24-16/h6-7,10,12H,2-5,8-9H2,1H3,(H,21,22). The van der Waals surface area contributed by atoms with Crippen LogP contribution in [0.1, 0.15) is 18.9 Å². The van der Waals surface area contributed by atoms with Crippen molar-refractivity contribution in [1.29, 1.82) is 0 Å². The van der Waals surface area contributed by atoms with Crippen LogP contribution < -0.4 is 9.47 Å². The molecule has 1 fully saturated rings. The number of carbonyl (C=O) groups excluding carboxylic acids is 1. The topological polar surface area (TPSA) is 76.1 Å². The number of fused-ring (bicyclic) bond motifs is 1. The largest absolute Gasteiger partial charge is 0.486 e. The summed E-state index contributed by atoms with van der Waals surface area (Å²) in [4.78, 5) is 25.4. The Balaban J connectivity index is 1.67. The molecule has 0 saturated carbocycles. The molecule has 0 aliphatic carbocycles. The van der Waals surface area contributed by atoms with Crippen molar-refractivity contribution in [3.8, 4) is 11.5 Å². The molecule has 2 aliphatic rings. The smallest absolute Gasteiger partial charge is 0.306 e. The molecule has 7 heteroatoms. The van der Waals surface area contributed by atoms with Crippen LogP contribution in [0.3, 0.4) is 0 Å². The first kappa shape index (κ1) is 16.9. The zero-order valence-electron chi connectivity index (χ0n) is 13.5. The number of likely N-dealkylation sites (tertiary alicyclic amines) is 1. The molecule has 0 bridgehead atoms. The molecule has 1 saturated heterocycles. The lowest BCUT2D eigenvalue weighted by molar-refractivity contribution is -0.148. The number of carbonyl (C=O) groups is 2. The Morgan fingerprint density at radius 1 is 1.33 bits per heavy atom. The maximum atomic E-state index is 12.5. The molecule has 130 valence electrons. The molecule has 1 aromatic rings. The van der Waals surface area contributed by atoms with Gasteiger partial charge in [-0.2, -0.15) is 0 Å². The first-order chi connectivity index (χ1) is 11.5. The monoisotopic (exact) mass is 353 g/mol. The lowest BCUT2D eigenvalue weighted by Gasteiger charge is -2.35. The molecular formula is C17H20ClNO5. The normalized spacial score (nSPS) is 23.0. The number of piperidine rings is 1. The predicted octanol–water partition coefficient (Wildman–Crippen LogP) is 2.22. The molecule has 2 unspecified atom stereocenters. The fourth-order valence-corrected chi connectivity index (χ4v) is 3.58. The van der Waals surface area contributed by atoms with Gasteiger partial charge in [-0.05, 0) is 30.0 Å². The van der Waals surface area contributed by atoms with E-state index in [4.69, 9.17) is 26.2 Å². The van der Waals surface area contributed by atoms with E-state index in [2.05, 4.69) is 0 Å². The number of amides is 1. The van der Waals surface area contributed by atoms with E-state index < -0.39 is 5.97 Å². The summed E-state index contributed by atoms with van der Waals surface area (Å²) in [6.07, 6.45) is 0.699. The SMILES string of the molecule is CC1CN(C(=O)Cc2cc(Cl)c3c(c2)OCCO3)CCC1C(=O)O. The summed E-state index contributed by atoms with van der Waals surface area (Å²) in [5.74, 6) is -0.155. The fourth-order valence-electron chi connectivity index (χ4n) is 3.29. The van der Waals surface area contributed by atoms with Crippen LogP contribution in [-0.4, -0.2) is 48.2 Å². The molecular weight excluding hydrogens is 334 g/mol. The van der Waals surface area contributed by atoms with Crippen molar-refractivity contribution in [2.45, 2.75) is 19.8 Å². The van der Waals surface area contributed by atoms with Crippen LogP contribution in [0.4, 0.5) is 0 Å². The first-order valence-corrected chi connectivity index (χ1v) is 8.42. The van der Waals surface area contributed by atoms with Gasteiger partial charge in [0.2, 0.25) is 5.91 Å².